The second kappa shape index (κ2) is 8.74. The summed E-state index contributed by atoms with van der Waals surface area (Å²) >= 11 is 0. The zero-order chi connectivity index (χ0) is 22.2. The minimum absolute atomic E-state index is 0.0319. The van der Waals surface area contributed by atoms with Gasteiger partial charge in [0.2, 0.25) is 0 Å². The summed E-state index contributed by atoms with van der Waals surface area (Å²) in [7, 11) is -1.49. The maximum Gasteiger partial charge on any atom is 0.263 e. The van der Waals surface area contributed by atoms with Crippen LogP contribution in [0.3, 0.4) is 0 Å². The molecule has 4 aliphatic carbocycles. The molecule has 1 saturated heterocycles. The van der Waals surface area contributed by atoms with Gasteiger partial charge in [-0.1, -0.05) is 0 Å². The second-order valence-corrected chi connectivity index (χ2v) is 12.6. The Morgan fingerprint density at radius 3 is 2.35 bits per heavy atom. The summed E-state index contributed by atoms with van der Waals surface area (Å²) in [4.78, 5) is 14.9. The van der Waals surface area contributed by atoms with E-state index in [9.17, 15) is 18.5 Å². The minimum Gasteiger partial charge on any atom is -0.383 e. The highest BCUT2D eigenvalue weighted by Gasteiger charge is 2.53. The number of carbonyl (C=O) groups is 1. The number of sulfone groups is 1. The first-order valence-electron chi connectivity index (χ1n) is 11.6. The van der Waals surface area contributed by atoms with Crippen LogP contribution in [0.15, 0.2) is 11.8 Å². The van der Waals surface area contributed by atoms with Crippen LogP contribution in [0.5, 0.6) is 0 Å². The maximum atomic E-state index is 13.1. The molecule has 0 aromatic heterocycles. The van der Waals surface area contributed by atoms with Crippen LogP contribution in [0, 0.1) is 34.5 Å². The van der Waals surface area contributed by atoms with Gasteiger partial charge in [-0.25, -0.2) is 8.42 Å². The highest BCUT2D eigenvalue weighted by molar-refractivity contribution is 7.91. The Morgan fingerprint density at radius 2 is 1.87 bits per heavy atom. The predicted octanol–water partition coefficient (Wildman–Crippen LogP) is 2.25. The molecular formula is C23H35N3O4S. The van der Waals surface area contributed by atoms with Crippen molar-refractivity contribution in [2.24, 2.45) is 23.2 Å². The normalized spacial score (nSPS) is 36.7. The van der Waals surface area contributed by atoms with Crippen LogP contribution in [0.4, 0.5) is 0 Å². The number of hydrogen-bond acceptors (Lipinski definition) is 6. The topological polar surface area (TPSA) is 99.5 Å². The van der Waals surface area contributed by atoms with Crippen LogP contribution in [0.1, 0.15) is 51.9 Å². The van der Waals surface area contributed by atoms with E-state index in [1.807, 2.05) is 11.0 Å². The molecule has 1 heterocycles. The molecule has 31 heavy (non-hydrogen) atoms. The first kappa shape index (κ1) is 22.6. The molecule has 1 aliphatic heterocycles. The van der Waals surface area contributed by atoms with Crippen molar-refractivity contribution in [3.05, 3.63) is 11.8 Å². The molecule has 5 rings (SSSR count). The van der Waals surface area contributed by atoms with Crippen molar-refractivity contribution in [1.29, 1.82) is 5.26 Å². The third-order valence-electron chi connectivity index (χ3n) is 8.24. The van der Waals surface area contributed by atoms with Crippen molar-refractivity contribution in [2.75, 3.05) is 31.8 Å². The highest BCUT2D eigenvalue weighted by Crippen LogP contribution is 2.61. The molecule has 0 aromatic carbocycles. The Kier molecular flexibility index (Phi) is 6.37. The summed E-state index contributed by atoms with van der Waals surface area (Å²) in [6.45, 7) is 2.95. The lowest BCUT2D eigenvalue weighted by Gasteiger charge is -2.59. The fraction of sp³-hybridized carbons (Fsp3) is 0.826. The van der Waals surface area contributed by atoms with Gasteiger partial charge in [0.05, 0.1) is 18.1 Å². The van der Waals surface area contributed by atoms with E-state index in [1.54, 1.807) is 13.3 Å². The standard InChI is InChI=1S/C23H35N3O4S/c1-16(23-10-17-7-18(11-23)9-19(8-17)12-23)25-22(27)20(13-24)14-26(4-5-30-2)21-3-6-31(28,29)15-21/h14,16-19,21H,3-12,15H2,1-2H3,(H,25,27)/b20-14-. The van der Waals surface area contributed by atoms with Gasteiger partial charge in [-0.2, -0.15) is 5.26 Å². The molecular weight excluding hydrogens is 414 g/mol. The number of hydrogen-bond donors (Lipinski definition) is 1. The SMILES string of the molecule is COCCN(/C=C(/C#N)C(=O)NC(C)C12CC3CC(CC(C3)C1)C2)C1CCS(=O)(=O)C1. The van der Waals surface area contributed by atoms with Crippen LogP contribution in [-0.4, -0.2) is 63.1 Å². The van der Waals surface area contributed by atoms with Crippen molar-refractivity contribution < 1.29 is 17.9 Å². The molecule has 0 spiro atoms. The summed E-state index contributed by atoms with van der Waals surface area (Å²) in [5, 5.41) is 12.9. The smallest absolute Gasteiger partial charge is 0.263 e. The number of methoxy groups -OCH3 is 1. The van der Waals surface area contributed by atoms with E-state index in [2.05, 4.69) is 12.2 Å². The lowest BCUT2D eigenvalue weighted by atomic mass is 9.48. The van der Waals surface area contributed by atoms with Crippen LogP contribution < -0.4 is 5.32 Å². The van der Waals surface area contributed by atoms with Gasteiger partial charge in [0.25, 0.3) is 5.91 Å². The van der Waals surface area contributed by atoms with Gasteiger partial charge < -0.3 is 15.0 Å². The largest absolute Gasteiger partial charge is 0.383 e. The zero-order valence-electron chi connectivity index (χ0n) is 18.7. The van der Waals surface area contributed by atoms with E-state index in [1.165, 1.54) is 38.5 Å². The van der Waals surface area contributed by atoms with Gasteiger partial charge in [-0.3, -0.25) is 4.79 Å². The van der Waals surface area contributed by atoms with Crippen molar-refractivity contribution in [2.45, 2.75) is 64.0 Å². The van der Waals surface area contributed by atoms with Gasteiger partial charge >= 0.3 is 0 Å². The Balaban J connectivity index is 1.46. The molecule has 5 aliphatic rings. The van der Waals surface area contributed by atoms with Crippen LogP contribution in [0.25, 0.3) is 0 Å². The van der Waals surface area contributed by atoms with E-state index in [4.69, 9.17) is 4.74 Å². The van der Waals surface area contributed by atoms with Gasteiger partial charge in [0, 0.05) is 31.9 Å². The Morgan fingerprint density at radius 1 is 1.26 bits per heavy atom. The Hall–Kier alpha value is -1.59. The number of nitrogens with one attached hydrogen (secondary N) is 1. The molecule has 2 atom stereocenters. The Bertz CT molecular complexity index is 840. The fourth-order valence-electron chi connectivity index (χ4n) is 7.03. The van der Waals surface area contributed by atoms with Crippen molar-refractivity contribution in [3.8, 4) is 6.07 Å². The molecule has 2 unspecified atom stereocenters. The van der Waals surface area contributed by atoms with Crippen LogP contribution in [-0.2, 0) is 19.4 Å². The van der Waals surface area contributed by atoms with E-state index >= 15 is 0 Å². The first-order valence-corrected chi connectivity index (χ1v) is 13.4. The molecule has 0 radical (unpaired) electrons. The number of nitrogens with zero attached hydrogens (tertiary/aromatic N) is 2. The minimum atomic E-state index is -3.07. The van der Waals surface area contributed by atoms with Gasteiger partial charge in [-0.05, 0) is 75.0 Å². The summed E-state index contributed by atoms with van der Waals surface area (Å²) in [5.41, 5.74) is 0.206. The summed E-state index contributed by atoms with van der Waals surface area (Å²) in [5.74, 6) is 2.24. The van der Waals surface area contributed by atoms with Crippen molar-refractivity contribution in [3.63, 3.8) is 0 Å². The lowest BCUT2D eigenvalue weighted by molar-refractivity contribution is -0.122. The van der Waals surface area contributed by atoms with E-state index in [0.29, 0.717) is 19.6 Å². The molecule has 1 amide bonds. The number of amides is 1. The summed E-state index contributed by atoms with van der Waals surface area (Å²) < 4.78 is 29.0. The summed E-state index contributed by atoms with van der Waals surface area (Å²) in [6.07, 6.45) is 9.66. The molecule has 5 fully saturated rings. The molecule has 8 heteroatoms. The Labute approximate surface area is 186 Å². The van der Waals surface area contributed by atoms with Crippen molar-refractivity contribution in [1.82, 2.24) is 10.2 Å². The number of rotatable bonds is 8. The molecule has 4 saturated carbocycles. The third kappa shape index (κ3) is 4.78. The predicted molar refractivity (Wildman–Crippen MR) is 118 cm³/mol. The second-order valence-electron chi connectivity index (χ2n) is 10.4. The average Bonchev–Trinajstić information content (AvgIpc) is 3.06. The number of nitriles is 1. The van der Waals surface area contributed by atoms with Gasteiger partial charge in [-0.15, -0.1) is 0 Å². The molecule has 172 valence electrons. The maximum absolute atomic E-state index is 13.1. The zero-order valence-corrected chi connectivity index (χ0v) is 19.5. The third-order valence-corrected chi connectivity index (χ3v) is 9.99. The van der Waals surface area contributed by atoms with Crippen molar-refractivity contribution >= 4 is 15.7 Å². The van der Waals surface area contributed by atoms with E-state index in [0.717, 1.165) is 17.8 Å². The summed E-state index contributed by atoms with van der Waals surface area (Å²) in [6, 6.07) is 1.86. The molecule has 0 aromatic rings. The lowest BCUT2D eigenvalue weighted by Crippen LogP contribution is -2.56. The highest BCUT2D eigenvalue weighted by atomic mass is 32.2. The van der Waals surface area contributed by atoms with Crippen LogP contribution in [0.2, 0.25) is 0 Å². The van der Waals surface area contributed by atoms with E-state index < -0.39 is 9.84 Å². The average molecular weight is 450 g/mol. The van der Waals surface area contributed by atoms with Gasteiger partial charge in [0.15, 0.2) is 9.84 Å². The molecule has 4 bridgehead atoms. The van der Waals surface area contributed by atoms with Crippen LogP contribution >= 0.6 is 0 Å². The van der Waals surface area contributed by atoms with E-state index in [-0.39, 0.29) is 40.5 Å². The quantitative estimate of drug-likeness (QED) is 0.451. The fourth-order valence-corrected chi connectivity index (χ4v) is 8.77. The number of ether oxygens (including phenoxy) is 1. The monoisotopic (exact) mass is 449 g/mol. The number of carbonyl (C=O) groups excluding carboxylic acids is 1. The van der Waals surface area contributed by atoms with Gasteiger partial charge in [0.1, 0.15) is 11.6 Å². The molecule has 1 N–H and O–H groups in total. The first-order chi connectivity index (χ1) is 14.7. The molecule has 7 nitrogen and oxygen atoms in total.